The zero-order valence-corrected chi connectivity index (χ0v) is 11.0. The van der Waals surface area contributed by atoms with Gasteiger partial charge in [-0.15, -0.1) is 0 Å². The van der Waals surface area contributed by atoms with E-state index in [1.165, 1.54) is 0 Å². The van der Waals surface area contributed by atoms with E-state index in [1.54, 1.807) is 13.8 Å². The highest BCUT2D eigenvalue weighted by molar-refractivity contribution is 5.96. The zero-order chi connectivity index (χ0) is 15.5. The van der Waals surface area contributed by atoms with E-state index < -0.39 is 35.1 Å². The first-order chi connectivity index (χ1) is 9.16. The van der Waals surface area contributed by atoms with Gasteiger partial charge in [-0.2, -0.15) is 13.2 Å². The predicted octanol–water partition coefficient (Wildman–Crippen LogP) is 2.59. The van der Waals surface area contributed by atoms with Gasteiger partial charge in [0.2, 0.25) is 0 Å². The van der Waals surface area contributed by atoms with Gasteiger partial charge in [-0.25, -0.2) is 4.39 Å². The second-order valence-corrected chi connectivity index (χ2v) is 4.61. The molecule has 20 heavy (non-hydrogen) atoms. The molecule has 1 amide bonds. The molecule has 0 aliphatic heterocycles. The van der Waals surface area contributed by atoms with Crippen molar-refractivity contribution in [3.8, 4) is 0 Å². The van der Waals surface area contributed by atoms with Gasteiger partial charge in [0.05, 0.1) is 11.1 Å². The van der Waals surface area contributed by atoms with E-state index in [0.717, 1.165) is 12.1 Å². The molecule has 0 radical (unpaired) electrons. The average Bonchev–Trinajstić information content (AvgIpc) is 2.36. The van der Waals surface area contributed by atoms with Crippen molar-refractivity contribution in [2.75, 3.05) is 6.61 Å². The summed E-state index contributed by atoms with van der Waals surface area (Å²) in [6, 6.07) is 1.36. The molecule has 2 atom stereocenters. The SMILES string of the molecule is CC(CO)C(C)NC(=O)c1ccc(F)cc1C(F)(F)F. The molecule has 0 aromatic heterocycles. The third kappa shape index (κ3) is 3.93. The largest absolute Gasteiger partial charge is 0.417 e. The average molecular weight is 293 g/mol. The number of nitrogens with one attached hydrogen (secondary N) is 1. The highest BCUT2D eigenvalue weighted by Gasteiger charge is 2.36. The van der Waals surface area contributed by atoms with Crippen LogP contribution in [0.4, 0.5) is 17.6 Å². The Hall–Kier alpha value is -1.63. The van der Waals surface area contributed by atoms with E-state index >= 15 is 0 Å². The van der Waals surface area contributed by atoms with Gasteiger partial charge in [0.25, 0.3) is 5.91 Å². The molecule has 2 unspecified atom stereocenters. The van der Waals surface area contributed by atoms with Crippen molar-refractivity contribution in [1.82, 2.24) is 5.32 Å². The summed E-state index contributed by atoms with van der Waals surface area (Å²) < 4.78 is 51.2. The number of benzene rings is 1. The highest BCUT2D eigenvalue weighted by atomic mass is 19.4. The van der Waals surface area contributed by atoms with Crippen LogP contribution in [0, 0.1) is 11.7 Å². The van der Waals surface area contributed by atoms with Crippen LogP contribution in [0.25, 0.3) is 0 Å². The molecule has 0 saturated carbocycles. The maximum Gasteiger partial charge on any atom is 0.417 e. The lowest BCUT2D eigenvalue weighted by Gasteiger charge is -2.20. The summed E-state index contributed by atoms with van der Waals surface area (Å²) in [6.45, 7) is 2.99. The molecular weight excluding hydrogens is 278 g/mol. The molecule has 0 bridgehead atoms. The lowest BCUT2D eigenvalue weighted by molar-refractivity contribution is -0.138. The number of carbonyl (C=O) groups excluding carboxylic acids is 1. The number of aliphatic hydroxyl groups excluding tert-OH is 1. The maximum atomic E-state index is 12.9. The number of hydrogen-bond donors (Lipinski definition) is 2. The molecule has 0 saturated heterocycles. The second kappa shape index (κ2) is 6.21. The highest BCUT2D eigenvalue weighted by Crippen LogP contribution is 2.32. The lowest BCUT2D eigenvalue weighted by atomic mass is 10.0. The summed E-state index contributed by atoms with van der Waals surface area (Å²) in [5.74, 6) is -2.33. The van der Waals surface area contributed by atoms with Crippen LogP contribution in [0.3, 0.4) is 0 Å². The third-order valence-electron chi connectivity index (χ3n) is 3.03. The predicted molar refractivity (Wildman–Crippen MR) is 64.6 cm³/mol. The normalized spacial score (nSPS) is 14.8. The number of rotatable bonds is 4. The number of aliphatic hydroxyl groups is 1. The molecule has 1 aromatic carbocycles. The molecule has 0 aliphatic carbocycles. The van der Waals surface area contributed by atoms with Crippen LogP contribution >= 0.6 is 0 Å². The maximum absolute atomic E-state index is 12.9. The molecule has 3 nitrogen and oxygen atoms in total. The van der Waals surface area contributed by atoms with E-state index in [9.17, 15) is 22.4 Å². The Kier molecular flexibility index (Phi) is 5.10. The summed E-state index contributed by atoms with van der Waals surface area (Å²) in [6.07, 6.45) is -4.82. The fourth-order valence-electron chi connectivity index (χ4n) is 1.53. The van der Waals surface area contributed by atoms with Gasteiger partial charge in [0.1, 0.15) is 5.82 Å². The van der Waals surface area contributed by atoms with Crippen LogP contribution in [0.1, 0.15) is 29.8 Å². The molecule has 0 heterocycles. The van der Waals surface area contributed by atoms with E-state index in [4.69, 9.17) is 5.11 Å². The monoisotopic (exact) mass is 293 g/mol. The topological polar surface area (TPSA) is 49.3 Å². The van der Waals surface area contributed by atoms with Gasteiger partial charge >= 0.3 is 6.18 Å². The van der Waals surface area contributed by atoms with Crippen molar-refractivity contribution in [2.24, 2.45) is 5.92 Å². The van der Waals surface area contributed by atoms with Crippen LogP contribution in [-0.4, -0.2) is 23.7 Å². The number of amides is 1. The number of halogens is 4. The quantitative estimate of drug-likeness (QED) is 0.838. The van der Waals surface area contributed by atoms with Crippen molar-refractivity contribution in [3.63, 3.8) is 0 Å². The first-order valence-corrected chi connectivity index (χ1v) is 5.95. The fourth-order valence-corrected chi connectivity index (χ4v) is 1.53. The molecule has 0 aliphatic rings. The van der Waals surface area contributed by atoms with E-state index in [0.29, 0.717) is 0 Å². The Morgan fingerprint density at radius 3 is 2.45 bits per heavy atom. The summed E-state index contributed by atoms with van der Waals surface area (Å²) in [4.78, 5) is 11.8. The number of alkyl halides is 3. The minimum Gasteiger partial charge on any atom is -0.396 e. The van der Waals surface area contributed by atoms with Crippen molar-refractivity contribution < 1.29 is 27.5 Å². The molecule has 0 fully saturated rings. The summed E-state index contributed by atoms with van der Waals surface area (Å²) in [5.41, 5.74) is -1.96. The Morgan fingerprint density at radius 1 is 1.35 bits per heavy atom. The van der Waals surface area contributed by atoms with Crippen molar-refractivity contribution >= 4 is 5.91 Å². The Bertz CT molecular complexity index is 488. The molecule has 112 valence electrons. The van der Waals surface area contributed by atoms with Gasteiger partial charge < -0.3 is 10.4 Å². The first-order valence-electron chi connectivity index (χ1n) is 5.95. The Morgan fingerprint density at radius 2 is 1.95 bits per heavy atom. The summed E-state index contributed by atoms with van der Waals surface area (Å²) in [5, 5.41) is 11.3. The zero-order valence-electron chi connectivity index (χ0n) is 11.0. The number of hydrogen-bond acceptors (Lipinski definition) is 2. The first kappa shape index (κ1) is 16.4. The van der Waals surface area contributed by atoms with Gasteiger partial charge in [-0.1, -0.05) is 6.92 Å². The van der Waals surface area contributed by atoms with Crippen molar-refractivity contribution in [2.45, 2.75) is 26.1 Å². The van der Waals surface area contributed by atoms with Crippen LogP contribution in [-0.2, 0) is 6.18 Å². The molecule has 1 aromatic rings. The van der Waals surface area contributed by atoms with Crippen LogP contribution in [0.5, 0.6) is 0 Å². The molecule has 7 heteroatoms. The second-order valence-electron chi connectivity index (χ2n) is 4.61. The minimum absolute atomic E-state index is 0.211. The molecule has 1 rings (SSSR count). The van der Waals surface area contributed by atoms with Crippen molar-refractivity contribution in [3.05, 3.63) is 35.1 Å². The molecule has 0 spiro atoms. The van der Waals surface area contributed by atoms with Crippen LogP contribution < -0.4 is 5.32 Å². The van der Waals surface area contributed by atoms with Crippen molar-refractivity contribution in [1.29, 1.82) is 0 Å². The number of carbonyl (C=O) groups is 1. The van der Waals surface area contributed by atoms with Crippen LogP contribution in [0.15, 0.2) is 18.2 Å². The van der Waals surface area contributed by atoms with Gasteiger partial charge in [0, 0.05) is 12.6 Å². The van der Waals surface area contributed by atoms with Gasteiger partial charge in [0.15, 0.2) is 0 Å². The summed E-state index contributed by atoms with van der Waals surface area (Å²) >= 11 is 0. The molecule has 2 N–H and O–H groups in total. The Labute approximate surface area is 113 Å². The summed E-state index contributed by atoms with van der Waals surface area (Å²) in [7, 11) is 0. The molecular formula is C13H15F4NO2. The van der Waals surface area contributed by atoms with Gasteiger partial charge in [-0.3, -0.25) is 4.79 Å². The Balaban J connectivity index is 3.05. The van der Waals surface area contributed by atoms with E-state index in [2.05, 4.69) is 5.32 Å². The van der Waals surface area contributed by atoms with E-state index in [1.807, 2.05) is 0 Å². The lowest BCUT2D eigenvalue weighted by Crippen LogP contribution is -2.39. The van der Waals surface area contributed by atoms with Crippen LogP contribution in [0.2, 0.25) is 0 Å². The van der Waals surface area contributed by atoms with E-state index in [-0.39, 0.29) is 18.6 Å². The van der Waals surface area contributed by atoms with Gasteiger partial charge in [-0.05, 0) is 31.0 Å². The third-order valence-corrected chi connectivity index (χ3v) is 3.03. The fraction of sp³-hybridized carbons (Fsp3) is 0.462. The smallest absolute Gasteiger partial charge is 0.396 e. The minimum atomic E-state index is -4.82. The standard InChI is InChI=1S/C13H15F4NO2/c1-7(6-19)8(2)18-12(20)10-4-3-9(14)5-11(10)13(15,16)17/h3-5,7-8,19H,6H2,1-2H3,(H,18,20).